The van der Waals surface area contributed by atoms with Crippen LogP contribution in [0.4, 0.5) is 11.4 Å². The van der Waals surface area contributed by atoms with Gasteiger partial charge in [0, 0.05) is 25.7 Å². The number of hydrogen-bond donors (Lipinski definition) is 3. The van der Waals surface area contributed by atoms with Crippen LogP contribution in [0.15, 0.2) is 18.2 Å². The quantitative estimate of drug-likeness (QED) is 0.703. The second kappa shape index (κ2) is 6.15. The molecule has 3 fully saturated rings. The number of piperidine rings is 3. The van der Waals surface area contributed by atoms with Crippen molar-refractivity contribution in [1.82, 2.24) is 10.2 Å². The van der Waals surface area contributed by atoms with E-state index >= 15 is 0 Å². The third kappa shape index (κ3) is 2.96. The number of aromatic carboxylic acids is 1. The molecule has 0 saturated carbocycles. The van der Waals surface area contributed by atoms with Crippen molar-refractivity contribution in [3.63, 3.8) is 0 Å². The van der Waals surface area contributed by atoms with Gasteiger partial charge in [-0.25, -0.2) is 9.10 Å². The third-order valence-corrected chi connectivity index (χ3v) is 6.85. The normalized spacial score (nSPS) is 29.3. The van der Waals surface area contributed by atoms with Crippen molar-refractivity contribution in [2.45, 2.75) is 18.9 Å². The molecule has 0 spiro atoms. The Morgan fingerprint density at radius 3 is 2.72 bits per heavy atom. The maximum Gasteiger partial charge on any atom is 0.337 e. The summed E-state index contributed by atoms with van der Waals surface area (Å²) in [5.41, 5.74) is 0.544. The summed E-state index contributed by atoms with van der Waals surface area (Å²) >= 11 is 0. The van der Waals surface area contributed by atoms with Gasteiger partial charge in [-0.3, -0.25) is 4.72 Å². The van der Waals surface area contributed by atoms with Crippen LogP contribution in [0, 0.1) is 5.92 Å². The lowest BCUT2D eigenvalue weighted by Gasteiger charge is -2.45. The van der Waals surface area contributed by atoms with E-state index in [4.69, 9.17) is 0 Å². The molecule has 2 bridgehead atoms. The highest BCUT2D eigenvalue weighted by Gasteiger charge is 2.37. The van der Waals surface area contributed by atoms with Crippen LogP contribution in [-0.4, -0.2) is 63.2 Å². The van der Waals surface area contributed by atoms with Gasteiger partial charge in [-0.2, -0.15) is 8.42 Å². The van der Waals surface area contributed by atoms with Gasteiger partial charge in [0.1, 0.15) is 0 Å². The van der Waals surface area contributed by atoms with E-state index in [0.717, 1.165) is 19.6 Å². The minimum absolute atomic E-state index is 0.00564. The van der Waals surface area contributed by atoms with E-state index in [0.29, 0.717) is 24.2 Å². The number of benzene rings is 1. The highest BCUT2D eigenvalue weighted by atomic mass is 32.2. The fourth-order valence-corrected chi connectivity index (χ4v) is 5.48. The third-order valence-electron chi connectivity index (χ3n) is 5.42. The second-order valence-electron chi connectivity index (χ2n) is 6.88. The number of nitrogens with one attached hydrogen (secondary N) is 2. The lowest BCUT2D eigenvalue weighted by molar-refractivity contribution is 0.0697. The van der Waals surface area contributed by atoms with Crippen LogP contribution in [0.25, 0.3) is 0 Å². The minimum Gasteiger partial charge on any atom is -0.478 e. The molecule has 1 aromatic rings. The molecule has 4 aliphatic rings. The first-order valence-electron chi connectivity index (χ1n) is 8.58. The summed E-state index contributed by atoms with van der Waals surface area (Å²) in [5, 5.41) is 12.8. The fourth-order valence-electron chi connectivity index (χ4n) is 4.16. The first-order chi connectivity index (χ1) is 12.0. The number of rotatable bonds is 5. The molecule has 136 valence electrons. The van der Waals surface area contributed by atoms with Gasteiger partial charge < -0.3 is 15.3 Å². The highest BCUT2D eigenvalue weighted by Crippen LogP contribution is 2.38. The molecule has 0 amide bonds. The zero-order valence-electron chi connectivity index (χ0n) is 13.8. The summed E-state index contributed by atoms with van der Waals surface area (Å²) in [4.78, 5) is 13.9. The van der Waals surface area contributed by atoms with Gasteiger partial charge in [0.2, 0.25) is 0 Å². The van der Waals surface area contributed by atoms with Crippen LogP contribution in [0.3, 0.4) is 0 Å². The molecule has 3 saturated heterocycles. The van der Waals surface area contributed by atoms with Crippen LogP contribution < -0.4 is 14.3 Å². The molecule has 1 aromatic carbocycles. The largest absolute Gasteiger partial charge is 0.478 e. The van der Waals surface area contributed by atoms with Crippen molar-refractivity contribution >= 4 is 27.6 Å². The first-order valence-corrected chi connectivity index (χ1v) is 10.0. The summed E-state index contributed by atoms with van der Waals surface area (Å²) in [6.45, 7) is 4.01. The molecule has 4 aliphatic heterocycles. The van der Waals surface area contributed by atoms with E-state index in [2.05, 4.69) is 14.9 Å². The van der Waals surface area contributed by atoms with Gasteiger partial charge in [0.05, 0.1) is 16.9 Å². The number of hydrogen-bond acceptors (Lipinski definition) is 5. The lowest BCUT2D eigenvalue weighted by Crippen LogP contribution is -2.57. The van der Waals surface area contributed by atoms with Gasteiger partial charge in [0.25, 0.3) is 0 Å². The van der Waals surface area contributed by atoms with Gasteiger partial charge in [-0.15, -0.1) is 0 Å². The number of fused-ring (bicyclic) bond motifs is 4. The molecule has 0 unspecified atom stereocenters. The number of carbonyl (C=O) groups is 1. The number of carboxylic acid groups (broad SMARTS) is 1. The van der Waals surface area contributed by atoms with Crippen LogP contribution in [0.1, 0.15) is 23.2 Å². The van der Waals surface area contributed by atoms with Crippen LogP contribution in [0.5, 0.6) is 0 Å². The van der Waals surface area contributed by atoms with E-state index < -0.39 is 16.2 Å². The van der Waals surface area contributed by atoms with Crippen molar-refractivity contribution in [2.24, 2.45) is 5.92 Å². The smallest absolute Gasteiger partial charge is 0.337 e. The minimum atomic E-state index is -3.75. The topological polar surface area (TPSA) is 102 Å². The van der Waals surface area contributed by atoms with E-state index in [1.807, 2.05) is 0 Å². The molecular formula is C16H22N4O4S. The molecule has 25 heavy (non-hydrogen) atoms. The summed E-state index contributed by atoms with van der Waals surface area (Å²) in [6.07, 6.45) is 2.38. The highest BCUT2D eigenvalue weighted by molar-refractivity contribution is 7.94. The number of carboxylic acids is 1. The molecule has 8 nitrogen and oxygen atoms in total. The number of anilines is 2. The Bertz CT molecular complexity index is 789. The summed E-state index contributed by atoms with van der Waals surface area (Å²) < 4.78 is 28.4. The molecule has 0 aliphatic carbocycles. The standard InChI is InChI=1S/C16H22N4O4S/c21-16(22)12-2-1-3-13-15(12)20(25(23,24)18-13)9-6-17-14-10-19-7-4-11(14)5-8-19/h1-3,11,14,17-18H,4-10H2,(H,21,22)/t14-/m1/s1. The zero-order chi connectivity index (χ0) is 17.6. The number of para-hydroxylation sites is 1. The Morgan fingerprint density at radius 1 is 1.32 bits per heavy atom. The lowest BCUT2D eigenvalue weighted by atomic mass is 9.84. The molecule has 0 aromatic heterocycles. The molecule has 0 radical (unpaired) electrons. The Balaban J connectivity index is 1.48. The predicted molar refractivity (Wildman–Crippen MR) is 94.2 cm³/mol. The molecule has 3 N–H and O–H groups in total. The Morgan fingerprint density at radius 2 is 2.08 bits per heavy atom. The van der Waals surface area contributed by atoms with E-state index in [1.165, 1.54) is 23.2 Å². The average Bonchev–Trinajstić information content (AvgIpc) is 2.85. The van der Waals surface area contributed by atoms with Crippen molar-refractivity contribution in [2.75, 3.05) is 41.8 Å². The van der Waals surface area contributed by atoms with Gasteiger partial charge >= 0.3 is 16.2 Å². The Kier molecular flexibility index (Phi) is 4.09. The van der Waals surface area contributed by atoms with Crippen molar-refractivity contribution in [3.8, 4) is 0 Å². The van der Waals surface area contributed by atoms with Gasteiger partial charge in [-0.1, -0.05) is 6.07 Å². The van der Waals surface area contributed by atoms with Gasteiger partial charge in [-0.05, 0) is 44.0 Å². The van der Waals surface area contributed by atoms with Crippen molar-refractivity contribution in [3.05, 3.63) is 23.8 Å². The molecule has 5 rings (SSSR count). The molecule has 9 heteroatoms. The average molecular weight is 366 g/mol. The molecule has 4 heterocycles. The van der Waals surface area contributed by atoms with Crippen molar-refractivity contribution < 1.29 is 18.3 Å². The molecule has 1 atom stereocenters. The molecular weight excluding hydrogens is 344 g/mol. The summed E-state index contributed by atoms with van der Waals surface area (Å²) in [6, 6.07) is 4.94. The van der Waals surface area contributed by atoms with Crippen LogP contribution >= 0.6 is 0 Å². The van der Waals surface area contributed by atoms with Crippen molar-refractivity contribution in [1.29, 1.82) is 0 Å². The first kappa shape index (κ1) is 16.6. The zero-order valence-corrected chi connectivity index (χ0v) is 14.6. The Labute approximate surface area is 147 Å². The van der Waals surface area contributed by atoms with E-state index in [1.54, 1.807) is 12.1 Å². The second-order valence-corrected chi connectivity index (χ2v) is 8.48. The monoisotopic (exact) mass is 366 g/mol. The fraction of sp³-hybridized carbons (Fsp3) is 0.562. The Hall–Kier alpha value is -1.84. The van der Waals surface area contributed by atoms with Crippen LogP contribution in [-0.2, 0) is 10.2 Å². The summed E-state index contributed by atoms with van der Waals surface area (Å²) in [5.74, 6) is -0.480. The predicted octanol–water partition coefficient (Wildman–Crippen LogP) is 0.545. The van der Waals surface area contributed by atoms with E-state index in [9.17, 15) is 18.3 Å². The van der Waals surface area contributed by atoms with E-state index in [-0.39, 0.29) is 17.8 Å². The maximum atomic E-state index is 12.4. The summed E-state index contributed by atoms with van der Waals surface area (Å²) in [7, 11) is -3.75. The SMILES string of the molecule is O=C(O)c1cccc2c1N(CCN[C@@H]1CN3CCC1CC3)S(=O)(=O)N2. The van der Waals surface area contributed by atoms with Crippen LogP contribution in [0.2, 0.25) is 0 Å². The van der Waals surface area contributed by atoms with Gasteiger partial charge in [0.15, 0.2) is 0 Å². The maximum absolute atomic E-state index is 12.4. The number of nitrogens with zero attached hydrogens (tertiary/aromatic N) is 2.